The van der Waals surface area contributed by atoms with E-state index in [4.69, 9.17) is 4.74 Å². The lowest BCUT2D eigenvalue weighted by atomic mass is 10.2. The van der Waals surface area contributed by atoms with Crippen LogP contribution in [-0.2, 0) is 4.57 Å². The summed E-state index contributed by atoms with van der Waals surface area (Å²) in [5, 5.41) is 1.98. The number of hydrogen-bond acceptors (Lipinski definition) is 3. The van der Waals surface area contributed by atoms with Crippen LogP contribution in [0.2, 0.25) is 0 Å². The van der Waals surface area contributed by atoms with Crippen molar-refractivity contribution in [1.29, 1.82) is 0 Å². The number of carbonyl (C=O) groups is 1. The molecule has 5 heteroatoms. The molecule has 0 saturated heterocycles. The van der Waals surface area contributed by atoms with Crippen LogP contribution in [0.15, 0.2) is 72.8 Å². The summed E-state index contributed by atoms with van der Waals surface area (Å²) in [5.41, 5.74) is 0.529. The van der Waals surface area contributed by atoms with Gasteiger partial charge in [-0.15, -0.1) is 0 Å². The van der Waals surface area contributed by atoms with Crippen molar-refractivity contribution in [3.63, 3.8) is 0 Å². The molecule has 0 aliphatic carbocycles. The van der Waals surface area contributed by atoms with E-state index in [2.05, 4.69) is 0 Å². The second-order valence-corrected chi connectivity index (χ2v) is 9.37. The molecule has 1 atom stereocenters. The Kier molecular flexibility index (Phi) is 4.82. The van der Waals surface area contributed by atoms with Gasteiger partial charge >= 0.3 is 0 Å². The standard InChI is InChI=1S/C23H22NO3P/c1-3-24(4-2)23(25)17-14-15-20-22(16-17)28(26,18-10-6-5-7-11-18)21-13-9-8-12-19(21)27-20/h5-16H,3-4H2,1-2H3. The van der Waals surface area contributed by atoms with E-state index in [1.165, 1.54) is 0 Å². The minimum atomic E-state index is -3.16. The topological polar surface area (TPSA) is 46.6 Å². The molecule has 0 N–H and O–H groups in total. The van der Waals surface area contributed by atoms with Crippen LogP contribution in [0, 0.1) is 0 Å². The fourth-order valence-electron chi connectivity index (χ4n) is 3.64. The molecule has 0 aromatic heterocycles. The van der Waals surface area contributed by atoms with Crippen LogP contribution in [0.3, 0.4) is 0 Å². The number of nitrogens with zero attached hydrogens (tertiary/aromatic N) is 1. The highest BCUT2D eigenvalue weighted by Gasteiger charge is 2.39. The molecule has 0 bridgehead atoms. The van der Waals surface area contributed by atoms with Crippen molar-refractivity contribution in [2.75, 3.05) is 13.1 Å². The van der Waals surface area contributed by atoms with Crippen molar-refractivity contribution in [2.45, 2.75) is 13.8 Å². The Hall–Kier alpha value is -2.84. The van der Waals surface area contributed by atoms with Gasteiger partial charge in [0.2, 0.25) is 0 Å². The van der Waals surface area contributed by atoms with Gasteiger partial charge in [0.15, 0.2) is 7.14 Å². The average Bonchev–Trinajstić information content (AvgIpc) is 2.75. The van der Waals surface area contributed by atoms with E-state index in [9.17, 15) is 9.36 Å². The maximum absolute atomic E-state index is 14.6. The number of rotatable bonds is 4. The second kappa shape index (κ2) is 7.29. The summed E-state index contributed by atoms with van der Waals surface area (Å²) in [6, 6.07) is 22.1. The third-order valence-corrected chi connectivity index (χ3v) is 8.24. The number of fused-ring (bicyclic) bond motifs is 2. The first kappa shape index (κ1) is 18.5. The van der Waals surface area contributed by atoms with Crippen molar-refractivity contribution in [3.05, 3.63) is 78.4 Å². The Bertz CT molecular complexity index is 1070. The minimum Gasteiger partial charge on any atom is -0.456 e. The van der Waals surface area contributed by atoms with Gasteiger partial charge in [-0.25, -0.2) is 0 Å². The average molecular weight is 391 g/mol. The van der Waals surface area contributed by atoms with Crippen molar-refractivity contribution in [3.8, 4) is 11.5 Å². The van der Waals surface area contributed by atoms with Crippen LogP contribution in [0.4, 0.5) is 0 Å². The number of carbonyl (C=O) groups excluding carboxylic acids is 1. The number of hydrogen-bond donors (Lipinski definition) is 0. The zero-order valence-corrected chi connectivity index (χ0v) is 16.9. The molecule has 4 rings (SSSR count). The minimum absolute atomic E-state index is 0.0636. The predicted octanol–water partition coefficient (Wildman–Crippen LogP) is 3.91. The van der Waals surface area contributed by atoms with Gasteiger partial charge in [0, 0.05) is 24.0 Å². The molecule has 0 spiro atoms. The smallest absolute Gasteiger partial charge is 0.253 e. The van der Waals surface area contributed by atoms with Gasteiger partial charge in [-0.2, -0.15) is 0 Å². The van der Waals surface area contributed by atoms with Gasteiger partial charge in [-0.05, 0) is 44.2 Å². The summed E-state index contributed by atoms with van der Waals surface area (Å²) >= 11 is 0. The zero-order chi connectivity index (χ0) is 19.7. The van der Waals surface area contributed by atoms with E-state index in [1.807, 2.05) is 68.4 Å². The highest BCUT2D eigenvalue weighted by atomic mass is 31.2. The maximum Gasteiger partial charge on any atom is 0.253 e. The van der Waals surface area contributed by atoms with Gasteiger partial charge < -0.3 is 14.2 Å². The molecule has 1 amide bonds. The highest BCUT2D eigenvalue weighted by Crippen LogP contribution is 2.51. The molecule has 142 valence electrons. The summed E-state index contributed by atoms with van der Waals surface area (Å²) in [6.07, 6.45) is 0. The fourth-order valence-corrected chi connectivity index (χ4v) is 6.53. The normalized spacial score (nSPS) is 17.2. The predicted molar refractivity (Wildman–Crippen MR) is 113 cm³/mol. The van der Waals surface area contributed by atoms with Gasteiger partial charge in [-0.1, -0.05) is 42.5 Å². The van der Waals surface area contributed by atoms with Gasteiger partial charge in [0.05, 0.1) is 10.6 Å². The first-order valence-corrected chi connectivity index (χ1v) is 11.2. The van der Waals surface area contributed by atoms with Crippen LogP contribution in [0.25, 0.3) is 0 Å². The van der Waals surface area contributed by atoms with E-state index < -0.39 is 7.14 Å². The first-order valence-electron chi connectivity index (χ1n) is 9.46. The summed E-state index contributed by atoms with van der Waals surface area (Å²) in [4.78, 5) is 14.6. The molecule has 3 aromatic carbocycles. The Balaban J connectivity index is 1.94. The summed E-state index contributed by atoms with van der Waals surface area (Å²) in [7, 11) is -3.16. The van der Waals surface area contributed by atoms with E-state index in [1.54, 1.807) is 23.1 Å². The molecule has 1 aliphatic rings. The van der Waals surface area contributed by atoms with Crippen LogP contribution in [0.5, 0.6) is 11.5 Å². The second-order valence-electron chi connectivity index (χ2n) is 6.67. The molecular formula is C23H22NO3P. The lowest BCUT2D eigenvalue weighted by Crippen LogP contribution is -2.33. The van der Waals surface area contributed by atoms with Crippen molar-refractivity contribution < 1.29 is 14.1 Å². The number of para-hydroxylation sites is 1. The van der Waals surface area contributed by atoms with Gasteiger partial charge in [0.25, 0.3) is 5.91 Å². The fraction of sp³-hybridized carbons (Fsp3) is 0.174. The molecular weight excluding hydrogens is 369 g/mol. The largest absolute Gasteiger partial charge is 0.456 e. The lowest BCUT2D eigenvalue weighted by molar-refractivity contribution is 0.0773. The number of amides is 1. The van der Waals surface area contributed by atoms with Crippen molar-refractivity contribution in [2.24, 2.45) is 0 Å². The Morgan fingerprint density at radius 2 is 1.50 bits per heavy atom. The zero-order valence-electron chi connectivity index (χ0n) is 16.0. The molecule has 4 nitrogen and oxygen atoms in total. The molecule has 0 saturated carbocycles. The third-order valence-electron chi connectivity index (χ3n) is 5.14. The molecule has 0 radical (unpaired) electrons. The van der Waals surface area contributed by atoms with Gasteiger partial charge in [-0.3, -0.25) is 4.79 Å². The van der Waals surface area contributed by atoms with Crippen LogP contribution < -0.4 is 20.7 Å². The van der Waals surface area contributed by atoms with Crippen LogP contribution >= 0.6 is 7.14 Å². The van der Waals surface area contributed by atoms with Crippen molar-refractivity contribution >= 4 is 29.0 Å². The maximum atomic E-state index is 14.6. The summed E-state index contributed by atoms with van der Waals surface area (Å²) in [5.74, 6) is 1.08. The first-order chi connectivity index (χ1) is 13.6. The quantitative estimate of drug-likeness (QED) is 0.496. The SMILES string of the molecule is CCN(CC)C(=O)c1ccc2c(c1)P(=O)(c1ccccc1)c1ccccc1O2. The molecule has 1 unspecified atom stereocenters. The molecule has 1 heterocycles. The summed E-state index contributed by atoms with van der Waals surface area (Å²) in [6.45, 7) is 5.16. The van der Waals surface area contributed by atoms with E-state index in [0.29, 0.717) is 40.8 Å². The Morgan fingerprint density at radius 3 is 2.21 bits per heavy atom. The molecule has 28 heavy (non-hydrogen) atoms. The third kappa shape index (κ3) is 2.85. The van der Waals surface area contributed by atoms with Crippen LogP contribution in [0.1, 0.15) is 24.2 Å². The lowest BCUT2D eigenvalue weighted by Gasteiger charge is -2.29. The highest BCUT2D eigenvalue weighted by molar-refractivity contribution is 7.85. The molecule has 1 aliphatic heterocycles. The summed E-state index contributed by atoms with van der Waals surface area (Å²) < 4.78 is 20.6. The monoisotopic (exact) mass is 391 g/mol. The number of benzene rings is 3. The Morgan fingerprint density at radius 1 is 0.857 bits per heavy atom. The Labute approximate surface area is 165 Å². The van der Waals surface area contributed by atoms with E-state index >= 15 is 0 Å². The number of ether oxygens (including phenoxy) is 1. The molecule has 0 fully saturated rings. The van der Waals surface area contributed by atoms with Gasteiger partial charge in [0.1, 0.15) is 11.5 Å². The molecule has 3 aromatic rings. The van der Waals surface area contributed by atoms with E-state index in [-0.39, 0.29) is 5.91 Å². The van der Waals surface area contributed by atoms with E-state index in [0.717, 1.165) is 5.30 Å². The van der Waals surface area contributed by atoms with Crippen molar-refractivity contribution in [1.82, 2.24) is 4.90 Å². The van der Waals surface area contributed by atoms with Crippen LogP contribution in [-0.4, -0.2) is 23.9 Å².